The second-order valence-corrected chi connectivity index (χ2v) is 9.39. The Bertz CT molecular complexity index is 395. The Morgan fingerprint density at radius 1 is 0.444 bits per heavy atom. The van der Waals surface area contributed by atoms with E-state index in [1.54, 1.807) is 0 Å². The standard InChI is InChI=1S/C25H61N9.CH5N/c1-3-14-31(15-4-9-26)20-23-34(24-21-32(16-5-10-27)17-6-11-28)25-22-33(18-7-12-29)19-8-13-30-2;1-2/h30H,3-29H2,1-2H3;2H2,1H3. The number of hydrogen-bond acceptors (Lipinski definition) is 10. The van der Waals surface area contributed by atoms with Crippen LogP contribution in [0.3, 0.4) is 0 Å². The van der Waals surface area contributed by atoms with Crippen LogP contribution in [0.15, 0.2) is 0 Å². The average molecular weight is 519 g/mol. The second kappa shape index (κ2) is 30.8. The molecule has 0 saturated carbocycles. The fourth-order valence-corrected chi connectivity index (χ4v) is 4.25. The first-order valence-corrected chi connectivity index (χ1v) is 14.6. The lowest BCUT2D eigenvalue weighted by atomic mass is 10.3. The molecule has 0 amide bonds. The minimum Gasteiger partial charge on any atom is -0.333 e. The molecular weight excluding hydrogens is 452 g/mol. The molecule has 0 aromatic rings. The maximum atomic E-state index is 5.81. The van der Waals surface area contributed by atoms with Gasteiger partial charge in [0.05, 0.1) is 0 Å². The van der Waals surface area contributed by atoms with Crippen molar-refractivity contribution >= 4 is 0 Å². The Morgan fingerprint density at radius 2 is 0.722 bits per heavy atom. The highest BCUT2D eigenvalue weighted by molar-refractivity contribution is 4.70. The molecule has 0 aliphatic heterocycles. The van der Waals surface area contributed by atoms with E-state index in [2.05, 4.69) is 37.6 Å². The monoisotopic (exact) mass is 519 g/mol. The van der Waals surface area contributed by atoms with Crippen molar-refractivity contribution in [2.24, 2.45) is 28.7 Å². The second-order valence-electron chi connectivity index (χ2n) is 9.39. The summed E-state index contributed by atoms with van der Waals surface area (Å²) >= 11 is 0. The third-order valence-corrected chi connectivity index (χ3v) is 6.35. The largest absolute Gasteiger partial charge is 0.333 e. The maximum absolute atomic E-state index is 5.81. The van der Waals surface area contributed by atoms with E-state index in [0.717, 1.165) is 137 Å². The van der Waals surface area contributed by atoms with Gasteiger partial charge in [-0.3, -0.25) is 4.90 Å². The molecule has 0 fully saturated rings. The van der Waals surface area contributed by atoms with Crippen molar-refractivity contribution in [3.8, 4) is 0 Å². The molecule has 0 heterocycles. The van der Waals surface area contributed by atoms with Crippen molar-refractivity contribution < 1.29 is 0 Å². The van der Waals surface area contributed by atoms with Crippen molar-refractivity contribution in [3.63, 3.8) is 0 Å². The van der Waals surface area contributed by atoms with Gasteiger partial charge in [-0.1, -0.05) is 6.92 Å². The van der Waals surface area contributed by atoms with E-state index in [0.29, 0.717) is 0 Å². The molecule has 0 atom stereocenters. The number of nitrogens with two attached hydrogens (primary N) is 5. The van der Waals surface area contributed by atoms with Crippen LogP contribution < -0.4 is 34.0 Å². The fraction of sp³-hybridized carbons (Fsp3) is 1.00. The van der Waals surface area contributed by atoms with Gasteiger partial charge in [-0.2, -0.15) is 0 Å². The fourth-order valence-electron chi connectivity index (χ4n) is 4.25. The van der Waals surface area contributed by atoms with Crippen molar-refractivity contribution in [2.75, 3.05) is 125 Å². The highest BCUT2D eigenvalue weighted by atomic mass is 15.2. The molecule has 0 aromatic heterocycles. The number of nitrogens with zero attached hydrogens (tertiary/aromatic N) is 4. The third kappa shape index (κ3) is 24.0. The minimum absolute atomic E-state index is 0.749. The van der Waals surface area contributed by atoms with Crippen LogP contribution in [0.4, 0.5) is 0 Å². The van der Waals surface area contributed by atoms with Gasteiger partial charge < -0.3 is 48.7 Å². The van der Waals surface area contributed by atoms with Gasteiger partial charge in [0.2, 0.25) is 0 Å². The molecule has 0 radical (unpaired) electrons. The summed E-state index contributed by atoms with van der Waals surface area (Å²) in [7, 11) is 3.53. The zero-order chi connectivity index (χ0) is 27.3. The molecule has 0 saturated heterocycles. The van der Waals surface area contributed by atoms with Gasteiger partial charge in [-0.05, 0) is 125 Å². The van der Waals surface area contributed by atoms with Gasteiger partial charge in [-0.25, -0.2) is 0 Å². The van der Waals surface area contributed by atoms with Crippen molar-refractivity contribution in [3.05, 3.63) is 0 Å². The lowest BCUT2D eigenvalue weighted by Crippen LogP contribution is -2.44. The minimum atomic E-state index is 0.749. The normalized spacial score (nSPS) is 11.7. The van der Waals surface area contributed by atoms with Crippen LogP contribution in [-0.4, -0.2) is 145 Å². The summed E-state index contributed by atoms with van der Waals surface area (Å²) in [6.07, 6.45) is 6.60. The Kier molecular flexibility index (Phi) is 32.3. The van der Waals surface area contributed by atoms with Crippen LogP contribution >= 0.6 is 0 Å². The molecule has 0 rings (SSSR count). The van der Waals surface area contributed by atoms with Crippen molar-refractivity contribution in [1.29, 1.82) is 0 Å². The summed E-state index contributed by atoms with van der Waals surface area (Å²) in [5.74, 6) is 0. The van der Waals surface area contributed by atoms with Gasteiger partial charge in [0, 0.05) is 39.3 Å². The Hall–Kier alpha value is -0.400. The first kappa shape index (κ1) is 37.8. The molecule has 36 heavy (non-hydrogen) atoms. The quantitative estimate of drug-likeness (QED) is 0.0760. The molecule has 11 N–H and O–H groups in total. The summed E-state index contributed by atoms with van der Waals surface area (Å²) in [4.78, 5) is 10.4. The van der Waals surface area contributed by atoms with Crippen molar-refractivity contribution in [1.82, 2.24) is 24.9 Å². The van der Waals surface area contributed by atoms with Gasteiger partial charge in [0.25, 0.3) is 0 Å². The van der Waals surface area contributed by atoms with Gasteiger partial charge in [0.1, 0.15) is 0 Å². The summed E-state index contributed by atoms with van der Waals surface area (Å²) in [6, 6.07) is 0. The summed E-state index contributed by atoms with van der Waals surface area (Å²) in [6.45, 7) is 19.5. The zero-order valence-electron chi connectivity index (χ0n) is 24.4. The molecule has 0 aliphatic rings. The number of rotatable bonds is 27. The third-order valence-electron chi connectivity index (χ3n) is 6.35. The number of nitrogens with one attached hydrogen (secondary N) is 1. The van der Waals surface area contributed by atoms with Gasteiger partial charge in [-0.15, -0.1) is 0 Å². The first-order valence-electron chi connectivity index (χ1n) is 14.6. The molecule has 10 heteroatoms. The summed E-state index contributed by atoms with van der Waals surface area (Å²) in [5.41, 5.74) is 27.7. The zero-order valence-corrected chi connectivity index (χ0v) is 24.4. The van der Waals surface area contributed by atoms with Gasteiger partial charge >= 0.3 is 0 Å². The molecule has 0 aliphatic carbocycles. The highest BCUT2D eigenvalue weighted by Crippen LogP contribution is 2.02. The Morgan fingerprint density at radius 3 is 1.00 bits per heavy atom. The van der Waals surface area contributed by atoms with Crippen LogP contribution in [0.5, 0.6) is 0 Å². The van der Waals surface area contributed by atoms with Crippen LogP contribution in [-0.2, 0) is 0 Å². The Balaban J connectivity index is 0. The average Bonchev–Trinajstić information content (AvgIpc) is 2.91. The van der Waals surface area contributed by atoms with E-state index < -0.39 is 0 Å². The van der Waals surface area contributed by atoms with E-state index in [-0.39, 0.29) is 0 Å². The summed E-state index contributed by atoms with van der Waals surface area (Å²) < 4.78 is 0. The molecule has 0 bridgehead atoms. The predicted molar refractivity (Wildman–Crippen MR) is 159 cm³/mol. The van der Waals surface area contributed by atoms with E-state index in [1.165, 1.54) is 19.9 Å². The molecule has 10 nitrogen and oxygen atoms in total. The SMILES string of the molecule is CCCN(CCCN)CCN(CCN(CCCN)CCCN)CCN(CCCN)CCCNC.CN. The van der Waals surface area contributed by atoms with Crippen LogP contribution in [0.2, 0.25) is 0 Å². The summed E-state index contributed by atoms with van der Waals surface area (Å²) in [5, 5.41) is 3.27. The molecular formula is C26H66N10. The topological polar surface area (TPSA) is 155 Å². The Labute approximate surface area is 224 Å². The molecule has 0 aromatic carbocycles. The molecule has 0 unspecified atom stereocenters. The van der Waals surface area contributed by atoms with E-state index in [1.807, 2.05) is 7.05 Å². The van der Waals surface area contributed by atoms with Crippen molar-refractivity contribution in [2.45, 2.75) is 45.4 Å². The van der Waals surface area contributed by atoms with E-state index in [9.17, 15) is 0 Å². The van der Waals surface area contributed by atoms with Crippen LogP contribution in [0.25, 0.3) is 0 Å². The lowest BCUT2D eigenvalue weighted by molar-refractivity contribution is 0.153. The number of hydrogen-bond donors (Lipinski definition) is 6. The van der Waals surface area contributed by atoms with Gasteiger partial charge in [0.15, 0.2) is 0 Å². The molecule has 220 valence electrons. The highest BCUT2D eigenvalue weighted by Gasteiger charge is 2.13. The van der Waals surface area contributed by atoms with E-state index >= 15 is 0 Å². The smallest absolute Gasteiger partial charge is 0.0110 e. The van der Waals surface area contributed by atoms with E-state index in [4.69, 9.17) is 22.9 Å². The lowest BCUT2D eigenvalue weighted by Gasteiger charge is -2.32. The predicted octanol–water partition coefficient (Wildman–Crippen LogP) is -0.816. The molecule has 0 spiro atoms. The first-order chi connectivity index (χ1) is 17.6. The maximum Gasteiger partial charge on any atom is 0.0110 e. The van der Waals surface area contributed by atoms with Crippen LogP contribution in [0.1, 0.15) is 45.4 Å². The van der Waals surface area contributed by atoms with Crippen LogP contribution in [0, 0.1) is 0 Å².